The van der Waals surface area contributed by atoms with Crippen LogP contribution in [0.3, 0.4) is 0 Å². The normalized spacial score (nSPS) is 14.0. The van der Waals surface area contributed by atoms with Crippen molar-refractivity contribution in [1.29, 1.82) is 0 Å². The van der Waals surface area contributed by atoms with Crippen LogP contribution in [0, 0.1) is 5.92 Å². The minimum atomic E-state index is -1.19. The monoisotopic (exact) mass is 373 g/mol. The average molecular weight is 373 g/mol. The predicted octanol–water partition coefficient (Wildman–Crippen LogP) is -2.57. The minimum Gasteiger partial charge on any atom is -0.480 e. The molecule has 26 heavy (non-hydrogen) atoms. The molecular formula is C15H27N5O6. The maximum atomic E-state index is 12.2. The van der Waals surface area contributed by atoms with Gasteiger partial charge in [-0.05, 0) is 19.3 Å². The number of hydrogen-bond donors (Lipinski definition) is 6. The summed E-state index contributed by atoms with van der Waals surface area (Å²) in [6.45, 7) is 4.18. The van der Waals surface area contributed by atoms with E-state index in [9.17, 15) is 24.0 Å². The molecule has 0 heterocycles. The van der Waals surface area contributed by atoms with Crippen LogP contribution in [0.15, 0.2) is 0 Å². The number of primary amides is 1. The molecule has 0 aliphatic carbocycles. The number of rotatable bonds is 11. The molecule has 4 amide bonds. The van der Waals surface area contributed by atoms with E-state index in [1.165, 1.54) is 6.92 Å². The number of nitrogens with one attached hydrogen (secondary N) is 3. The van der Waals surface area contributed by atoms with Gasteiger partial charge in [-0.15, -0.1) is 0 Å². The van der Waals surface area contributed by atoms with Crippen molar-refractivity contribution in [3.05, 3.63) is 0 Å². The summed E-state index contributed by atoms with van der Waals surface area (Å²) in [4.78, 5) is 57.6. The van der Waals surface area contributed by atoms with E-state index in [0.717, 1.165) is 0 Å². The third kappa shape index (κ3) is 8.97. The molecule has 0 aromatic carbocycles. The van der Waals surface area contributed by atoms with E-state index in [1.54, 1.807) is 13.8 Å². The van der Waals surface area contributed by atoms with Crippen molar-refractivity contribution in [2.45, 2.75) is 51.7 Å². The Labute approximate surface area is 151 Å². The largest absolute Gasteiger partial charge is 0.480 e. The molecule has 0 aromatic rings. The second kappa shape index (κ2) is 11.0. The lowest BCUT2D eigenvalue weighted by molar-refractivity contribution is -0.143. The van der Waals surface area contributed by atoms with Crippen LogP contribution in [0.2, 0.25) is 0 Å². The lowest BCUT2D eigenvalue weighted by Crippen LogP contribution is -2.53. The minimum absolute atomic E-state index is 0.0645. The van der Waals surface area contributed by atoms with Crippen molar-refractivity contribution in [3.63, 3.8) is 0 Å². The first-order chi connectivity index (χ1) is 12.0. The molecule has 0 radical (unpaired) electrons. The van der Waals surface area contributed by atoms with Crippen molar-refractivity contribution in [1.82, 2.24) is 16.0 Å². The summed E-state index contributed by atoms with van der Waals surface area (Å²) in [5.41, 5.74) is 10.5. The Morgan fingerprint density at radius 2 is 1.58 bits per heavy atom. The maximum Gasteiger partial charge on any atom is 0.326 e. The molecular weight excluding hydrogens is 346 g/mol. The molecule has 0 saturated carbocycles. The number of amides is 4. The number of aliphatic carboxylic acids is 1. The third-order valence-corrected chi connectivity index (χ3v) is 3.40. The summed E-state index contributed by atoms with van der Waals surface area (Å²) in [5.74, 6) is -4.22. The van der Waals surface area contributed by atoms with Crippen LogP contribution in [0.5, 0.6) is 0 Å². The van der Waals surface area contributed by atoms with E-state index < -0.39 is 54.3 Å². The summed E-state index contributed by atoms with van der Waals surface area (Å²) in [7, 11) is 0. The Balaban J connectivity index is 4.76. The Hall–Kier alpha value is -2.69. The van der Waals surface area contributed by atoms with E-state index in [0.29, 0.717) is 0 Å². The van der Waals surface area contributed by atoms with Crippen LogP contribution >= 0.6 is 0 Å². The number of nitrogens with two attached hydrogens (primary N) is 2. The fourth-order valence-electron chi connectivity index (χ4n) is 1.89. The zero-order chi connectivity index (χ0) is 20.4. The summed E-state index contributed by atoms with van der Waals surface area (Å²) in [5, 5.41) is 16.0. The smallest absolute Gasteiger partial charge is 0.326 e. The summed E-state index contributed by atoms with van der Waals surface area (Å²) >= 11 is 0. The van der Waals surface area contributed by atoms with E-state index in [2.05, 4.69) is 16.0 Å². The maximum absolute atomic E-state index is 12.2. The summed E-state index contributed by atoms with van der Waals surface area (Å²) in [6.07, 6.45) is -0.219. The zero-order valence-electron chi connectivity index (χ0n) is 15.1. The van der Waals surface area contributed by atoms with Crippen molar-refractivity contribution >= 4 is 29.6 Å². The molecule has 0 bridgehead atoms. The van der Waals surface area contributed by atoms with Gasteiger partial charge in [0.1, 0.15) is 12.1 Å². The molecule has 0 saturated heterocycles. The molecule has 0 aliphatic heterocycles. The Kier molecular flexibility index (Phi) is 9.89. The highest BCUT2D eigenvalue weighted by Crippen LogP contribution is 2.01. The first-order valence-corrected chi connectivity index (χ1v) is 8.09. The lowest BCUT2D eigenvalue weighted by Gasteiger charge is -2.20. The van der Waals surface area contributed by atoms with Gasteiger partial charge in [-0.3, -0.25) is 19.2 Å². The standard InChI is InChI=1S/C15H27N5O6/c1-7(2)12(15(25)26)20-11(22)6-18-14(24)9(4-5-10(17)21)19-13(23)8(3)16/h7-9,12H,4-6,16H2,1-3H3,(H2,17,21)(H,18,24)(H,19,23)(H,20,22)(H,25,26)/t8-,9-,12-/m0/s1. The van der Waals surface area contributed by atoms with E-state index in [1.807, 2.05) is 0 Å². The molecule has 11 heteroatoms. The van der Waals surface area contributed by atoms with Gasteiger partial charge in [0.15, 0.2) is 0 Å². The number of carbonyl (C=O) groups is 5. The zero-order valence-corrected chi connectivity index (χ0v) is 15.1. The number of carboxylic acids is 1. The fraction of sp³-hybridized carbons (Fsp3) is 0.667. The van der Waals surface area contributed by atoms with Crippen LogP contribution in [0.4, 0.5) is 0 Å². The Bertz CT molecular complexity index is 549. The van der Waals surface area contributed by atoms with Gasteiger partial charge in [0.25, 0.3) is 0 Å². The molecule has 0 aliphatic rings. The van der Waals surface area contributed by atoms with Gasteiger partial charge >= 0.3 is 5.97 Å². The second-order valence-electron chi connectivity index (χ2n) is 6.20. The topological polar surface area (TPSA) is 194 Å². The predicted molar refractivity (Wildman–Crippen MR) is 91.4 cm³/mol. The summed E-state index contributed by atoms with van der Waals surface area (Å²) < 4.78 is 0. The van der Waals surface area contributed by atoms with Crippen LogP contribution < -0.4 is 27.4 Å². The van der Waals surface area contributed by atoms with Crippen LogP contribution in [-0.4, -0.2) is 59.4 Å². The van der Waals surface area contributed by atoms with Gasteiger partial charge in [-0.2, -0.15) is 0 Å². The Morgan fingerprint density at radius 3 is 2.00 bits per heavy atom. The molecule has 11 nitrogen and oxygen atoms in total. The summed E-state index contributed by atoms with van der Waals surface area (Å²) in [6, 6.07) is -3.07. The van der Waals surface area contributed by atoms with Crippen molar-refractivity contribution in [2.24, 2.45) is 17.4 Å². The van der Waals surface area contributed by atoms with Crippen LogP contribution in [-0.2, 0) is 24.0 Å². The first kappa shape index (κ1) is 23.3. The molecule has 0 fully saturated rings. The van der Waals surface area contributed by atoms with Crippen molar-refractivity contribution in [3.8, 4) is 0 Å². The van der Waals surface area contributed by atoms with E-state index >= 15 is 0 Å². The van der Waals surface area contributed by atoms with Gasteiger partial charge < -0.3 is 32.5 Å². The molecule has 0 spiro atoms. The third-order valence-electron chi connectivity index (χ3n) is 3.40. The van der Waals surface area contributed by atoms with Crippen LogP contribution in [0.1, 0.15) is 33.6 Å². The van der Waals surface area contributed by atoms with Gasteiger partial charge in [0, 0.05) is 6.42 Å². The van der Waals surface area contributed by atoms with Gasteiger partial charge in [0.05, 0.1) is 12.6 Å². The molecule has 0 aromatic heterocycles. The number of hydrogen-bond acceptors (Lipinski definition) is 6. The fourth-order valence-corrected chi connectivity index (χ4v) is 1.89. The van der Waals surface area contributed by atoms with E-state index in [-0.39, 0.29) is 18.8 Å². The van der Waals surface area contributed by atoms with Gasteiger partial charge in [-0.25, -0.2) is 4.79 Å². The van der Waals surface area contributed by atoms with Gasteiger partial charge in [-0.1, -0.05) is 13.8 Å². The second-order valence-corrected chi connectivity index (χ2v) is 6.20. The van der Waals surface area contributed by atoms with Crippen LogP contribution in [0.25, 0.3) is 0 Å². The molecule has 0 rings (SSSR count). The highest BCUT2D eigenvalue weighted by Gasteiger charge is 2.25. The highest BCUT2D eigenvalue weighted by molar-refractivity contribution is 5.92. The highest BCUT2D eigenvalue weighted by atomic mass is 16.4. The molecule has 0 unspecified atom stereocenters. The Morgan fingerprint density at radius 1 is 1.00 bits per heavy atom. The SMILES string of the molecule is CC(C)[C@H](NC(=O)CNC(=O)[C@H](CCC(N)=O)NC(=O)[C@H](C)N)C(=O)O. The van der Waals surface area contributed by atoms with Crippen molar-refractivity contribution in [2.75, 3.05) is 6.54 Å². The average Bonchev–Trinajstić information content (AvgIpc) is 2.52. The number of carboxylic acid groups (broad SMARTS) is 1. The molecule has 148 valence electrons. The van der Waals surface area contributed by atoms with Gasteiger partial charge in [0.2, 0.25) is 23.6 Å². The van der Waals surface area contributed by atoms with Crippen molar-refractivity contribution < 1.29 is 29.1 Å². The quantitative estimate of drug-likeness (QED) is 0.229. The number of carbonyl (C=O) groups excluding carboxylic acids is 4. The van der Waals surface area contributed by atoms with E-state index in [4.69, 9.17) is 16.6 Å². The lowest BCUT2D eigenvalue weighted by atomic mass is 10.0. The first-order valence-electron chi connectivity index (χ1n) is 8.09. The molecule has 8 N–H and O–H groups in total. The molecule has 3 atom stereocenters.